The highest BCUT2D eigenvalue weighted by atomic mass is 19.3. The highest BCUT2D eigenvalue weighted by Gasteiger charge is 2.40. The molecular formula is C18H22F2N2O5. The maximum atomic E-state index is 12.8. The lowest BCUT2D eigenvalue weighted by molar-refractivity contribution is -0.141. The topological polar surface area (TPSA) is 68.3 Å². The van der Waals surface area contributed by atoms with Crippen LogP contribution in [-0.2, 0) is 14.3 Å². The smallest absolute Gasteiger partial charge is 0.387 e. The number of rotatable bonds is 7. The van der Waals surface area contributed by atoms with Crippen LogP contribution in [0.1, 0.15) is 18.5 Å². The zero-order chi connectivity index (χ0) is 20.1. The van der Waals surface area contributed by atoms with Crippen molar-refractivity contribution in [2.45, 2.75) is 19.6 Å². The van der Waals surface area contributed by atoms with Crippen molar-refractivity contribution >= 4 is 12.0 Å². The lowest BCUT2D eigenvalue weighted by Gasteiger charge is -2.39. The number of allylic oxidation sites excluding steroid dienone is 1. The maximum absolute atomic E-state index is 12.8. The van der Waals surface area contributed by atoms with Crippen molar-refractivity contribution in [1.29, 1.82) is 0 Å². The molecule has 1 atom stereocenters. The van der Waals surface area contributed by atoms with Crippen molar-refractivity contribution in [1.82, 2.24) is 9.80 Å². The molecule has 7 nitrogen and oxygen atoms in total. The van der Waals surface area contributed by atoms with Crippen LogP contribution in [0, 0.1) is 0 Å². The van der Waals surface area contributed by atoms with Gasteiger partial charge in [-0.15, -0.1) is 0 Å². The molecule has 9 heteroatoms. The number of hydrogen-bond acceptors (Lipinski definition) is 5. The number of halogens is 2. The number of para-hydroxylation sites is 1. The number of carbonyl (C=O) groups is 2. The molecule has 0 saturated carbocycles. The number of amides is 2. The van der Waals surface area contributed by atoms with Crippen molar-refractivity contribution < 1.29 is 32.6 Å². The zero-order valence-electron chi connectivity index (χ0n) is 15.6. The van der Waals surface area contributed by atoms with Crippen LogP contribution in [0.25, 0.3) is 0 Å². The van der Waals surface area contributed by atoms with E-state index in [9.17, 15) is 18.4 Å². The van der Waals surface area contributed by atoms with Crippen molar-refractivity contribution in [2.24, 2.45) is 0 Å². The first-order valence-corrected chi connectivity index (χ1v) is 8.20. The van der Waals surface area contributed by atoms with Gasteiger partial charge in [-0.1, -0.05) is 18.2 Å². The highest BCUT2D eigenvalue weighted by molar-refractivity contribution is 5.95. The van der Waals surface area contributed by atoms with E-state index in [0.29, 0.717) is 5.70 Å². The number of hydrogen-bond donors (Lipinski definition) is 0. The molecule has 1 heterocycles. The van der Waals surface area contributed by atoms with Crippen LogP contribution < -0.4 is 4.74 Å². The molecule has 1 aromatic rings. The van der Waals surface area contributed by atoms with Crippen LogP contribution >= 0.6 is 0 Å². The predicted molar refractivity (Wildman–Crippen MR) is 92.3 cm³/mol. The number of nitrogens with zero attached hydrogens (tertiary/aromatic N) is 2. The first-order chi connectivity index (χ1) is 12.8. The molecule has 148 valence electrons. The summed E-state index contributed by atoms with van der Waals surface area (Å²) in [6, 6.07) is 4.73. The molecular weight excluding hydrogens is 362 g/mol. The summed E-state index contributed by atoms with van der Waals surface area (Å²) in [4.78, 5) is 27.8. The number of urea groups is 1. The van der Waals surface area contributed by atoms with E-state index < -0.39 is 24.7 Å². The van der Waals surface area contributed by atoms with E-state index in [4.69, 9.17) is 9.47 Å². The van der Waals surface area contributed by atoms with Crippen molar-refractivity contribution in [3.63, 3.8) is 0 Å². The van der Waals surface area contributed by atoms with Gasteiger partial charge in [-0.25, -0.2) is 9.59 Å². The van der Waals surface area contributed by atoms with Crippen LogP contribution in [0.4, 0.5) is 13.6 Å². The molecule has 2 amide bonds. The molecule has 1 aromatic carbocycles. The van der Waals surface area contributed by atoms with Gasteiger partial charge in [-0.2, -0.15) is 8.78 Å². The van der Waals surface area contributed by atoms with Gasteiger partial charge in [0.25, 0.3) is 0 Å². The average molecular weight is 384 g/mol. The van der Waals surface area contributed by atoms with E-state index >= 15 is 0 Å². The van der Waals surface area contributed by atoms with E-state index in [1.807, 2.05) is 0 Å². The van der Waals surface area contributed by atoms with E-state index in [1.54, 1.807) is 13.0 Å². The Morgan fingerprint density at radius 2 is 1.89 bits per heavy atom. The number of alkyl halides is 2. The van der Waals surface area contributed by atoms with Gasteiger partial charge in [0.15, 0.2) is 0 Å². The normalized spacial score (nSPS) is 17.6. The third kappa shape index (κ3) is 4.36. The molecule has 0 N–H and O–H groups in total. The summed E-state index contributed by atoms with van der Waals surface area (Å²) in [6.07, 6.45) is 0. The van der Waals surface area contributed by atoms with Crippen molar-refractivity contribution in [3.05, 3.63) is 41.1 Å². The molecule has 0 aliphatic carbocycles. The molecule has 0 spiro atoms. The van der Waals surface area contributed by atoms with Crippen LogP contribution in [0.5, 0.6) is 5.75 Å². The van der Waals surface area contributed by atoms with Crippen LogP contribution in [0.3, 0.4) is 0 Å². The predicted octanol–water partition coefficient (Wildman–Crippen LogP) is 2.79. The number of carbonyl (C=O) groups excluding carboxylic acids is 2. The summed E-state index contributed by atoms with van der Waals surface area (Å²) in [5.74, 6) is -0.774. The Labute approximate surface area is 156 Å². The third-order valence-corrected chi connectivity index (χ3v) is 4.31. The van der Waals surface area contributed by atoms with E-state index in [0.717, 1.165) is 0 Å². The van der Waals surface area contributed by atoms with Gasteiger partial charge in [0, 0.05) is 32.5 Å². The van der Waals surface area contributed by atoms with Gasteiger partial charge in [0.2, 0.25) is 0 Å². The van der Waals surface area contributed by atoms with Gasteiger partial charge < -0.3 is 24.0 Å². The lowest BCUT2D eigenvalue weighted by Crippen LogP contribution is -2.47. The molecule has 0 radical (unpaired) electrons. The fraction of sp³-hybridized carbons (Fsp3) is 0.444. The number of benzene rings is 1. The summed E-state index contributed by atoms with van der Waals surface area (Å²) in [5.41, 5.74) is 0.804. The van der Waals surface area contributed by atoms with Crippen molar-refractivity contribution in [2.75, 3.05) is 34.4 Å². The fourth-order valence-corrected chi connectivity index (χ4v) is 2.89. The molecule has 1 aliphatic heterocycles. The Balaban J connectivity index is 2.53. The van der Waals surface area contributed by atoms with Gasteiger partial charge in [0.1, 0.15) is 12.4 Å². The summed E-state index contributed by atoms with van der Waals surface area (Å²) in [6.45, 7) is -1.21. The first-order valence-electron chi connectivity index (χ1n) is 8.20. The standard InChI is InChI=1S/C18H22F2N2O5/c1-11-14(16(23)26-10-9-25-4)15(22(3)18(24)21(11)2)12-7-5-6-8-13(12)27-17(19)20/h5-8,15,17H,9-10H2,1-4H3/t15-/m0/s1. The Hall–Kier alpha value is -2.68. The Morgan fingerprint density at radius 1 is 1.22 bits per heavy atom. The second-order valence-electron chi connectivity index (χ2n) is 5.90. The van der Waals surface area contributed by atoms with E-state index in [1.165, 1.54) is 49.2 Å². The minimum atomic E-state index is -3.04. The molecule has 2 rings (SSSR count). The second kappa shape index (κ2) is 8.81. The monoisotopic (exact) mass is 384 g/mol. The summed E-state index contributed by atoms with van der Waals surface area (Å²) in [5, 5.41) is 0. The summed E-state index contributed by atoms with van der Waals surface area (Å²) < 4.78 is 40.3. The van der Waals surface area contributed by atoms with Crippen LogP contribution in [0.2, 0.25) is 0 Å². The molecule has 0 aromatic heterocycles. The number of esters is 1. The quantitative estimate of drug-likeness (QED) is 0.534. The first kappa shape index (κ1) is 20.6. The van der Waals surface area contributed by atoms with Gasteiger partial charge in [-0.3, -0.25) is 0 Å². The number of likely N-dealkylation sites (N-methyl/N-ethyl adjacent to an activating group) is 1. The Bertz CT molecular complexity index is 738. The Morgan fingerprint density at radius 3 is 2.52 bits per heavy atom. The molecule has 0 saturated heterocycles. The van der Waals surface area contributed by atoms with Gasteiger partial charge >= 0.3 is 18.6 Å². The molecule has 0 unspecified atom stereocenters. The minimum Gasteiger partial charge on any atom is -0.460 e. The lowest BCUT2D eigenvalue weighted by atomic mass is 9.93. The SMILES string of the molecule is COCCOC(=O)C1=C(C)N(C)C(=O)N(C)[C@H]1c1ccccc1OC(F)F. The molecule has 0 fully saturated rings. The van der Waals surface area contributed by atoms with E-state index in [2.05, 4.69) is 4.74 Å². The number of methoxy groups -OCH3 is 1. The molecule has 0 bridgehead atoms. The summed E-state index contributed by atoms with van der Waals surface area (Å²) in [7, 11) is 4.48. The zero-order valence-corrected chi connectivity index (χ0v) is 15.6. The minimum absolute atomic E-state index is 0.0232. The summed E-state index contributed by atoms with van der Waals surface area (Å²) >= 11 is 0. The van der Waals surface area contributed by atoms with Crippen molar-refractivity contribution in [3.8, 4) is 5.75 Å². The Kier molecular flexibility index (Phi) is 6.73. The second-order valence-corrected chi connectivity index (χ2v) is 5.90. The fourth-order valence-electron chi connectivity index (χ4n) is 2.89. The maximum Gasteiger partial charge on any atom is 0.387 e. The highest BCUT2D eigenvalue weighted by Crippen LogP contribution is 2.40. The number of ether oxygens (including phenoxy) is 3. The molecule has 1 aliphatic rings. The van der Waals surface area contributed by atoms with Crippen LogP contribution in [-0.4, -0.2) is 62.8 Å². The largest absolute Gasteiger partial charge is 0.460 e. The molecule has 27 heavy (non-hydrogen) atoms. The van der Waals surface area contributed by atoms with Crippen LogP contribution in [0.15, 0.2) is 35.5 Å². The van der Waals surface area contributed by atoms with Gasteiger partial charge in [0.05, 0.1) is 18.2 Å². The average Bonchev–Trinajstić information content (AvgIpc) is 2.63. The van der Waals surface area contributed by atoms with Gasteiger partial charge in [-0.05, 0) is 13.0 Å². The van der Waals surface area contributed by atoms with E-state index in [-0.39, 0.29) is 30.1 Å². The third-order valence-electron chi connectivity index (χ3n) is 4.31.